The Labute approximate surface area is 266 Å². The third kappa shape index (κ3) is 9.15. The summed E-state index contributed by atoms with van der Waals surface area (Å²) >= 11 is 1.50. The molecule has 44 heavy (non-hydrogen) atoms. The van der Waals surface area contributed by atoms with E-state index in [1.54, 1.807) is 55.6 Å². The number of nitrogens with zero attached hydrogens (tertiary/aromatic N) is 2. The predicted octanol–water partition coefficient (Wildman–Crippen LogP) is 5.73. The number of carbonyl (C=O) groups is 2. The Hall–Kier alpha value is -3.70. The summed E-state index contributed by atoms with van der Waals surface area (Å²) in [5.41, 5.74) is 0.502. The molecular weight excluding hydrogens is 599 g/mol. The zero-order chi connectivity index (χ0) is 32.5. The molecular formula is C33H43N3O6S2. The van der Waals surface area contributed by atoms with Gasteiger partial charge in [0.2, 0.25) is 11.8 Å². The quantitative estimate of drug-likeness (QED) is 0.224. The van der Waals surface area contributed by atoms with E-state index in [0.29, 0.717) is 30.2 Å². The number of anilines is 1. The normalized spacial score (nSPS) is 12.2. The molecule has 0 aromatic heterocycles. The summed E-state index contributed by atoms with van der Waals surface area (Å²) in [5, 5.41) is 2.98. The summed E-state index contributed by atoms with van der Waals surface area (Å²) in [6.07, 6.45) is 2.23. The van der Waals surface area contributed by atoms with Gasteiger partial charge in [-0.2, -0.15) is 0 Å². The molecule has 0 aliphatic rings. The molecule has 238 valence electrons. The molecule has 0 unspecified atom stereocenters. The number of thioether (sulfide) groups is 1. The highest BCUT2D eigenvalue weighted by molar-refractivity contribution is 7.98. The monoisotopic (exact) mass is 641 g/mol. The Morgan fingerprint density at radius 1 is 0.955 bits per heavy atom. The van der Waals surface area contributed by atoms with Crippen LogP contribution in [0.5, 0.6) is 11.5 Å². The average molecular weight is 642 g/mol. The fourth-order valence-electron chi connectivity index (χ4n) is 4.62. The zero-order valence-electron chi connectivity index (χ0n) is 26.5. The molecule has 0 spiro atoms. The van der Waals surface area contributed by atoms with Crippen molar-refractivity contribution in [3.63, 3.8) is 0 Å². The topological polar surface area (TPSA) is 105 Å². The zero-order valence-corrected chi connectivity index (χ0v) is 28.1. The Morgan fingerprint density at radius 2 is 1.61 bits per heavy atom. The second-order valence-corrected chi connectivity index (χ2v) is 13.9. The van der Waals surface area contributed by atoms with Gasteiger partial charge in [-0.3, -0.25) is 13.9 Å². The van der Waals surface area contributed by atoms with Crippen molar-refractivity contribution in [3.8, 4) is 11.5 Å². The predicted molar refractivity (Wildman–Crippen MR) is 176 cm³/mol. The first-order valence-electron chi connectivity index (χ1n) is 14.5. The first kappa shape index (κ1) is 34.8. The maximum Gasteiger partial charge on any atom is 0.264 e. The van der Waals surface area contributed by atoms with Gasteiger partial charge in [0.15, 0.2) is 0 Å². The van der Waals surface area contributed by atoms with Gasteiger partial charge in [-0.25, -0.2) is 8.42 Å². The van der Waals surface area contributed by atoms with Crippen LogP contribution < -0.4 is 19.1 Å². The van der Waals surface area contributed by atoms with Crippen LogP contribution >= 0.6 is 11.8 Å². The highest BCUT2D eigenvalue weighted by Crippen LogP contribution is 2.28. The van der Waals surface area contributed by atoms with Gasteiger partial charge in [0.25, 0.3) is 10.0 Å². The molecule has 3 aromatic rings. The van der Waals surface area contributed by atoms with E-state index in [1.165, 1.54) is 28.8 Å². The largest absolute Gasteiger partial charge is 0.497 e. The van der Waals surface area contributed by atoms with Crippen LogP contribution in [0.2, 0.25) is 0 Å². The smallest absolute Gasteiger partial charge is 0.264 e. The van der Waals surface area contributed by atoms with Gasteiger partial charge < -0.3 is 19.7 Å². The van der Waals surface area contributed by atoms with Crippen LogP contribution in [0.3, 0.4) is 0 Å². The number of nitrogens with one attached hydrogen (secondary N) is 1. The van der Waals surface area contributed by atoms with E-state index in [4.69, 9.17) is 9.47 Å². The molecule has 0 bridgehead atoms. The molecule has 11 heteroatoms. The number of hydrogen-bond acceptors (Lipinski definition) is 7. The van der Waals surface area contributed by atoms with Crippen LogP contribution in [0, 0.1) is 0 Å². The lowest BCUT2D eigenvalue weighted by atomic mass is 10.1. The van der Waals surface area contributed by atoms with Gasteiger partial charge in [0.1, 0.15) is 24.1 Å². The molecule has 0 saturated carbocycles. The number of ether oxygens (including phenoxy) is 2. The number of sulfonamides is 1. The maximum atomic E-state index is 14.3. The average Bonchev–Trinajstić information content (AvgIpc) is 2.99. The van der Waals surface area contributed by atoms with Crippen molar-refractivity contribution in [2.75, 3.05) is 30.8 Å². The SMILES string of the molecule is CCOc1ccc(N(CC(=O)N(Cc2cccc(OC)c2)[C@@H](CC)C(=O)NC(C)(C)C)S(=O)(=O)c2ccc(SC)cc2)cc1. The summed E-state index contributed by atoms with van der Waals surface area (Å²) in [6.45, 7) is 9.30. The fourth-order valence-corrected chi connectivity index (χ4v) is 6.44. The summed E-state index contributed by atoms with van der Waals surface area (Å²) in [4.78, 5) is 30.2. The van der Waals surface area contributed by atoms with Gasteiger partial charge in [-0.15, -0.1) is 11.8 Å². The molecule has 0 saturated heterocycles. The molecule has 1 N–H and O–H groups in total. The van der Waals surface area contributed by atoms with E-state index >= 15 is 0 Å². The minimum absolute atomic E-state index is 0.0499. The lowest BCUT2D eigenvalue weighted by molar-refractivity contribution is -0.141. The number of rotatable bonds is 14. The number of methoxy groups -OCH3 is 1. The number of carbonyl (C=O) groups excluding carboxylic acids is 2. The Kier molecular flexibility index (Phi) is 12.1. The summed E-state index contributed by atoms with van der Waals surface area (Å²) in [6, 6.07) is 19.5. The molecule has 9 nitrogen and oxygen atoms in total. The van der Waals surface area contributed by atoms with Crippen molar-refractivity contribution in [2.24, 2.45) is 0 Å². The minimum atomic E-state index is -4.18. The molecule has 2 amide bonds. The maximum absolute atomic E-state index is 14.3. The molecule has 0 aliphatic carbocycles. The van der Waals surface area contributed by atoms with Crippen molar-refractivity contribution in [2.45, 2.75) is 69.0 Å². The molecule has 0 radical (unpaired) electrons. The third-order valence-corrected chi connectivity index (χ3v) is 9.26. The lowest BCUT2D eigenvalue weighted by Crippen LogP contribution is -2.55. The molecule has 0 heterocycles. The molecule has 1 atom stereocenters. The Morgan fingerprint density at radius 3 is 2.16 bits per heavy atom. The number of amides is 2. The van der Waals surface area contributed by atoms with Crippen molar-refractivity contribution in [3.05, 3.63) is 78.4 Å². The summed E-state index contributed by atoms with van der Waals surface area (Å²) < 4.78 is 40.3. The van der Waals surface area contributed by atoms with Crippen molar-refractivity contribution >= 4 is 39.3 Å². The highest BCUT2D eigenvalue weighted by atomic mass is 32.2. The minimum Gasteiger partial charge on any atom is -0.497 e. The van der Waals surface area contributed by atoms with Crippen LogP contribution in [0.25, 0.3) is 0 Å². The second-order valence-electron chi connectivity index (χ2n) is 11.2. The van der Waals surface area contributed by atoms with E-state index in [-0.39, 0.29) is 17.3 Å². The van der Waals surface area contributed by atoms with Crippen molar-refractivity contribution in [1.29, 1.82) is 0 Å². The van der Waals surface area contributed by atoms with Gasteiger partial charge in [-0.1, -0.05) is 19.1 Å². The van der Waals surface area contributed by atoms with Gasteiger partial charge in [0.05, 0.1) is 24.3 Å². The summed E-state index contributed by atoms with van der Waals surface area (Å²) in [7, 11) is -2.63. The van der Waals surface area contributed by atoms with E-state index in [0.717, 1.165) is 14.8 Å². The van der Waals surface area contributed by atoms with E-state index < -0.39 is 34.1 Å². The third-order valence-electron chi connectivity index (χ3n) is 6.73. The van der Waals surface area contributed by atoms with Crippen molar-refractivity contribution < 1.29 is 27.5 Å². The molecule has 3 rings (SSSR count). The lowest BCUT2D eigenvalue weighted by Gasteiger charge is -2.34. The Bertz CT molecular complexity index is 1500. The van der Waals surface area contributed by atoms with Crippen LogP contribution in [-0.4, -0.2) is 63.2 Å². The van der Waals surface area contributed by atoms with Crippen molar-refractivity contribution in [1.82, 2.24) is 10.2 Å². The second kappa shape index (κ2) is 15.3. The van der Waals surface area contributed by atoms with Gasteiger partial charge in [0, 0.05) is 17.0 Å². The van der Waals surface area contributed by atoms with E-state index in [2.05, 4.69) is 5.32 Å². The first-order valence-corrected chi connectivity index (χ1v) is 17.1. The number of hydrogen-bond donors (Lipinski definition) is 1. The summed E-state index contributed by atoms with van der Waals surface area (Å²) in [5.74, 6) is 0.337. The van der Waals surface area contributed by atoms with E-state index in [9.17, 15) is 18.0 Å². The molecule has 0 fully saturated rings. The van der Waals surface area contributed by atoms with E-state index in [1.807, 2.05) is 53.0 Å². The van der Waals surface area contributed by atoms with Crippen LogP contribution in [0.4, 0.5) is 5.69 Å². The fraction of sp³-hybridized carbons (Fsp3) is 0.394. The molecule has 0 aliphatic heterocycles. The van der Waals surface area contributed by atoms with Crippen LogP contribution in [0.15, 0.2) is 82.6 Å². The van der Waals surface area contributed by atoms with Crippen LogP contribution in [0.1, 0.15) is 46.6 Å². The number of benzene rings is 3. The first-order chi connectivity index (χ1) is 20.8. The van der Waals surface area contributed by atoms with Gasteiger partial charge >= 0.3 is 0 Å². The highest BCUT2D eigenvalue weighted by Gasteiger charge is 2.34. The standard InChI is InChI=1S/C33H43N3O6S2/c1-8-30(32(38)34-33(3,4)5)35(22-24-11-10-12-27(21-24)41-6)31(37)23-36(25-13-15-26(16-14-25)42-9-2)44(39,40)29-19-17-28(43-7)18-20-29/h10-21,30H,8-9,22-23H2,1-7H3,(H,34,38)/t30-/m0/s1. The van der Waals surface area contributed by atoms with Gasteiger partial charge in [-0.05, 0) is 107 Å². The molecule has 3 aromatic carbocycles. The Balaban J connectivity index is 2.09. The van der Waals surface area contributed by atoms with Crippen LogP contribution in [-0.2, 0) is 26.2 Å².